The maximum absolute atomic E-state index is 10.6. The predicted octanol–water partition coefficient (Wildman–Crippen LogP) is 5.26. The fraction of sp³-hybridized carbons (Fsp3) is 0.200. The van der Waals surface area contributed by atoms with E-state index in [-0.39, 0.29) is 12.7 Å². The van der Waals surface area contributed by atoms with Gasteiger partial charge in [-0.2, -0.15) is 0 Å². The Morgan fingerprint density at radius 3 is 2.23 bits per heavy atom. The molecule has 1 N–H and O–H groups in total. The first kappa shape index (κ1) is 21.1. The summed E-state index contributed by atoms with van der Waals surface area (Å²) < 4.78 is 5.22. The smallest absolute Gasteiger partial charge is 0.341 e. The van der Waals surface area contributed by atoms with Crippen LogP contribution in [0.3, 0.4) is 0 Å². The van der Waals surface area contributed by atoms with Gasteiger partial charge >= 0.3 is 5.97 Å². The lowest BCUT2D eigenvalue weighted by molar-refractivity contribution is -0.139. The van der Waals surface area contributed by atoms with Crippen LogP contribution in [0.5, 0.6) is 5.75 Å². The van der Waals surface area contributed by atoms with Crippen LogP contribution in [0.4, 0.5) is 0 Å². The summed E-state index contributed by atoms with van der Waals surface area (Å²) in [5, 5.41) is 12.9. The molecule has 0 aliphatic rings. The summed E-state index contributed by atoms with van der Waals surface area (Å²) in [7, 11) is 0. The van der Waals surface area contributed by atoms with E-state index in [4.69, 9.17) is 14.7 Å². The molecule has 30 heavy (non-hydrogen) atoms. The van der Waals surface area contributed by atoms with E-state index >= 15 is 0 Å². The highest BCUT2D eigenvalue weighted by atomic mass is 16.6. The van der Waals surface area contributed by atoms with Crippen molar-refractivity contribution in [3.05, 3.63) is 102 Å². The van der Waals surface area contributed by atoms with E-state index in [2.05, 4.69) is 5.16 Å². The Kier molecular flexibility index (Phi) is 8.03. The van der Waals surface area contributed by atoms with Gasteiger partial charge < -0.3 is 14.7 Å². The van der Waals surface area contributed by atoms with Crippen molar-refractivity contribution < 1.29 is 19.5 Å². The normalized spacial score (nSPS) is 11.0. The number of unbranched alkanes of at least 4 members (excludes halogenated alkanes) is 1. The number of hydrogen-bond donors (Lipinski definition) is 1. The summed E-state index contributed by atoms with van der Waals surface area (Å²) >= 11 is 0. The predicted molar refractivity (Wildman–Crippen MR) is 117 cm³/mol. The van der Waals surface area contributed by atoms with E-state index in [0.717, 1.165) is 36.0 Å². The van der Waals surface area contributed by atoms with Crippen LogP contribution in [-0.4, -0.2) is 23.9 Å². The summed E-state index contributed by atoms with van der Waals surface area (Å²) in [6.45, 7) is -0.336. The van der Waals surface area contributed by atoms with Crippen LogP contribution in [0.1, 0.15) is 35.6 Å². The highest BCUT2D eigenvalue weighted by Gasteiger charge is 2.14. The van der Waals surface area contributed by atoms with Gasteiger partial charge in [0.15, 0.2) is 12.7 Å². The maximum Gasteiger partial charge on any atom is 0.341 e. The van der Waals surface area contributed by atoms with Gasteiger partial charge in [0.1, 0.15) is 5.75 Å². The molecule has 0 heterocycles. The van der Waals surface area contributed by atoms with Crippen LogP contribution in [0.2, 0.25) is 0 Å². The van der Waals surface area contributed by atoms with Crippen LogP contribution in [0, 0.1) is 0 Å². The van der Waals surface area contributed by atoms with E-state index in [0.29, 0.717) is 5.75 Å². The zero-order valence-corrected chi connectivity index (χ0v) is 16.7. The Labute approximate surface area is 176 Å². The van der Waals surface area contributed by atoms with Crippen LogP contribution >= 0.6 is 0 Å². The average molecular weight is 403 g/mol. The summed E-state index contributed by atoms with van der Waals surface area (Å²) in [6, 6.07) is 27.6. The minimum Gasteiger partial charge on any atom is -0.482 e. The number of benzene rings is 3. The molecule has 0 atom stereocenters. The van der Waals surface area contributed by atoms with Crippen molar-refractivity contribution in [2.45, 2.75) is 25.4 Å². The van der Waals surface area contributed by atoms with Gasteiger partial charge in [-0.05, 0) is 48.1 Å². The summed E-state index contributed by atoms with van der Waals surface area (Å²) in [4.78, 5) is 16.4. The number of oxime groups is 1. The fourth-order valence-corrected chi connectivity index (χ4v) is 3.06. The molecular formula is C25H25NO4. The lowest BCUT2D eigenvalue weighted by Gasteiger charge is -2.15. The molecule has 154 valence electrons. The Morgan fingerprint density at radius 2 is 1.60 bits per heavy atom. The van der Waals surface area contributed by atoms with Gasteiger partial charge in [0.25, 0.3) is 0 Å². The molecule has 5 heteroatoms. The number of hydrogen-bond acceptors (Lipinski definition) is 4. The number of nitrogens with zero attached hydrogens (tertiary/aromatic N) is 1. The molecule has 0 spiro atoms. The maximum atomic E-state index is 10.6. The van der Waals surface area contributed by atoms with Gasteiger partial charge in [-0.1, -0.05) is 78.0 Å². The lowest BCUT2D eigenvalue weighted by atomic mass is 10.0. The number of ether oxygens (including phenoxy) is 1. The zero-order chi connectivity index (χ0) is 21.0. The first-order valence-electron chi connectivity index (χ1n) is 9.93. The van der Waals surface area contributed by atoms with E-state index in [1.165, 1.54) is 0 Å². The molecule has 3 aromatic rings. The fourth-order valence-electron chi connectivity index (χ4n) is 3.06. The highest BCUT2D eigenvalue weighted by molar-refractivity contribution is 5.68. The van der Waals surface area contributed by atoms with E-state index < -0.39 is 5.97 Å². The molecule has 0 amide bonds. The molecule has 0 aliphatic carbocycles. The van der Waals surface area contributed by atoms with Gasteiger partial charge in [-0.15, -0.1) is 0 Å². The van der Waals surface area contributed by atoms with E-state index in [1.807, 2.05) is 78.9 Å². The number of rotatable bonds is 11. The third kappa shape index (κ3) is 6.78. The lowest BCUT2D eigenvalue weighted by Crippen LogP contribution is -2.09. The summed E-state index contributed by atoms with van der Waals surface area (Å²) in [5.74, 6) is -0.415. The Bertz CT molecular complexity index is 902. The van der Waals surface area contributed by atoms with E-state index in [9.17, 15) is 4.79 Å². The topological polar surface area (TPSA) is 68.1 Å². The number of carboxylic acid groups (broad SMARTS) is 1. The molecule has 0 saturated heterocycles. The molecule has 0 bridgehead atoms. The molecule has 0 saturated carbocycles. The number of carbonyl (C=O) groups is 1. The van der Waals surface area contributed by atoms with Gasteiger partial charge in [0.2, 0.25) is 0 Å². The molecular weight excluding hydrogens is 378 g/mol. The van der Waals surface area contributed by atoms with Crippen molar-refractivity contribution in [2.24, 2.45) is 5.16 Å². The van der Waals surface area contributed by atoms with Crippen LogP contribution in [0.25, 0.3) is 0 Å². The second-order valence-electron chi connectivity index (χ2n) is 6.82. The highest BCUT2D eigenvalue weighted by Crippen LogP contribution is 2.25. The van der Waals surface area contributed by atoms with Crippen molar-refractivity contribution in [2.75, 3.05) is 6.61 Å². The summed E-state index contributed by atoms with van der Waals surface area (Å²) in [6.07, 6.45) is 4.07. The first-order valence-corrected chi connectivity index (χ1v) is 9.93. The number of carboxylic acids is 1. The second-order valence-corrected chi connectivity index (χ2v) is 6.82. The molecule has 0 aliphatic heterocycles. The molecule has 0 radical (unpaired) electrons. The molecule has 5 nitrogen and oxygen atoms in total. The van der Waals surface area contributed by atoms with Gasteiger partial charge in [0.05, 0.1) is 0 Å². The minimum absolute atomic E-state index is 0.244. The SMILES string of the molecule is O=C(O)COc1cccc(CCC/C=N/OC(c2ccccc2)c2ccccc2)c1. The Hall–Kier alpha value is -3.60. The minimum atomic E-state index is -0.985. The van der Waals surface area contributed by atoms with Crippen LogP contribution in [-0.2, 0) is 16.1 Å². The van der Waals surface area contributed by atoms with Gasteiger partial charge in [-0.25, -0.2) is 4.79 Å². The molecule has 0 fully saturated rings. The standard InChI is InChI=1S/C25H25NO4/c27-24(28)19-29-23-16-9-11-20(18-23)10-7-8-17-26-30-25(21-12-3-1-4-13-21)22-14-5-2-6-15-22/h1-6,9,11-18,25H,7-8,10,19H2,(H,27,28)/b26-17+. The quantitative estimate of drug-likeness (QED) is 0.269. The molecule has 3 aromatic carbocycles. The number of aliphatic carboxylic acids is 1. The van der Waals surface area contributed by atoms with Crippen molar-refractivity contribution in [3.8, 4) is 5.75 Å². The molecule has 0 aromatic heterocycles. The van der Waals surface area contributed by atoms with Crippen molar-refractivity contribution in [1.29, 1.82) is 0 Å². The zero-order valence-electron chi connectivity index (χ0n) is 16.7. The molecule has 3 rings (SSSR count). The first-order chi connectivity index (χ1) is 14.7. The largest absolute Gasteiger partial charge is 0.482 e. The van der Waals surface area contributed by atoms with Crippen molar-refractivity contribution in [3.63, 3.8) is 0 Å². The molecule has 0 unspecified atom stereocenters. The van der Waals surface area contributed by atoms with Crippen LogP contribution < -0.4 is 4.74 Å². The third-order valence-corrected chi connectivity index (χ3v) is 4.50. The average Bonchev–Trinajstić information content (AvgIpc) is 2.79. The van der Waals surface area contributed by atoms with E-state index in [1.54, 1.807) is 12.3 Å². The van der Waals surface area contributed by atoms with Crippen molar-refractivity contribution >= 4 is 12.2 Å². The number of aryl methyl sites for hydroxylation is 1. The van der Waals surface area contributed by atoms with Crippen LogP contribution in [0.15, 0.2) is 90.1 Å². The van der Waals surface area contributed by atoms with Gasteiger partial charge in [0, 0.05) is 6.21 Å². The summed E-state index contributed by atoms with van der Waals surface area (Å²) in [5.41, 5.74) is 3.21. The Morgan fingerprint density at radius 1 is 0.933 bits per heavy atom. The third-order valence-electron chi connectivity index (χ3n) is 4.50. The monoisotopic (exact) mass is 403 g/mol. The van der Waals surface area contributed by atoms with Gasteiger partial charge in [-0.3, -0.25) is 0 Å². The van der Waals surface area contributed by atoms with Crippen molar-refractivity contribution in [1.82, 2.24) is 0 Å². The Balaban J connectivity index is 1.50. The second kappa shape index (κ2) is 11.4.